The number of thiol groups is 1. The molecule has 1 fully saturated rings. The lowest BCUT2D eigenvalue weighted by molar-refractivity contribution is -0.0392. The summed E-state index contributed by atoms with van der Waals surface area (Å²) in [6.45, 7) is 6.80. The van der Waals surface area contributed by atoms with Gasteiger partial charge in [0.15, 0.2) is 0 Å². The lowest BCUT2D eigenvalue weighted by Crippen LogP contribution is -2.36. The molecule has 1 saturated heterocycles. The second kappa shape index (κ2) is 8.34. The number of hydrogen-bond acceptors (Lipinski definition) is 4. The van der Waals surface area contributed by atoms with Crippen LogP contribution in [-0.4, -0.2) is 45.4 Å². The zero-order valence-corrected chi connectivity index (χ0v) is 11.1. The van der Waals surface area contributed by atoms with Crippen molar-refractivity contribution in [3.63, 3.8) is 0 Å². The van der Waals surface area contributed by atoms with Crippen LogP contribution in [0.25, 0.3) is 0 Å². The van der Waals surface area contributed by atoms with E-state index in [2.05, 4.69) is 19.6 Å². The fourth-order valence-corrected chi connectivity index (χ4v) is 2.21. The summed E-state index contributed by atoms with van der Waals surface area (Å²) >= 11 is 4.44. The van der Waals surface area contributed by atoms with Crippen molar-refractivity contribution in [1.82, 2.24) is 0 Å². The van der Waals surface area contributed by atoms with E-state index in [-0.39, 0.29) is 5.41 Å². The van der Waals surface area contributed by atoms with Gasteiger partial charge in [0.1, 0.15) is 0 Å². The van der Waals surface area contributed by atoms with Crippen molar-refractivity contribution in [3.8, 4) is 0 Å². The molecule has 0 amide bonds. The van der Waals surface area contributed by atoms with E-state index in [1.54, 1.807) is 0 Å². The van der Waals surface area contributed by atoms with Gasteiger partial charge in [-0.15, -0.1) is 0 Å². The first kappa shape index (κ1) is 14.3. The second-order valence-corrected chi connectivity index (χ2v) is 4.75. The van der Waals surface area contributed by atoms with Crippen LogP contribution in [-0.2, 0) is 14.2 Å². The van der Waals surface area contributed by atoms with Crippen molar-refractivity contribution in [3.05, 3.63) is 0 Å². The minimum atomic E-state index is 0.228. The third-order valence-electron chi connectivity index (χ3n) is 3.02. The maximum atomic E-state index is 5.68. The van der Waals surface area contributed by atoms with Crippen LogP contribution in [0.1, 0.15) is 26.2 Å². The van der Waals surface area contributed by atoms with Crippen LogP contribution >= 0.6 is 12.6 Å². The van der Waals surface area contributed by atoms with E-state index in [1.165, 1.54) is 0 Å². The summed E-state index contributed by atoms with van der Waals surface area (Å²) in [5.74, 6) is 0.881. The molecule has 0 saturated carbocycles. The SMILES string of the molecule is CCCOCCOCC1(CS)CCOCC1. The van der Waals surface area contributed by atoms with E-state index in [0.717, 1.165) is 51.4 Å². The van der Waals surface area contributed by atoms with Crippen molar-refractivity contribution in [1.29, 1.82) is 0 Å². The molecule has 1 aliphatic rings. The molecule has 4 heteroatoms. The Morgan fingerprint density at radius 2 is 1.81 bits per heavy atom. The number of rotatable bonds is 8. The quantitative estimate of drug-likeness (QED) is 0.527. The van der Waals surface area contributed by atoms with Gasteiger partial charge in [0.25, 0.3) is 0 Å². The molecule has 0 aromatic carbocycles. The molecule has 0 spiro atoms. The molecule has 0 N–H and O–H groups in total. The van der Waals surface area contributed by atoms with Gasteiger partial charge in [-0.05, 0) is 25.0 Å². The van der Waals surface area contributed by atoms with Crippen LogP contribution in [0.15, 0.2) is 0 Å². The molecule has 0 atom stereocenters. The van der Waals surface area contributed by atoms with Crippen LogP contribution in [0.5, 0.6) is 0 Å². The van der Waals surface area contributed by atoms with Gasteiger partial charge in [0, 0.05) is 25.2 Å². The van der Waals surface area contributed by atoms with Gasteiger partial charge in [-0.2, -0.15) is 12.6 Å². The highest BCUT2D eigenvalue weighted by Crippen LogP contribution is 2.31. The highest BCUT2D eigenvalue weighted by molar-refractivity contribution is 7.80. The summed E-state index contributed by atoms with van der Waals surface area (Å²) < 4.78 is 16.4. The monoisotopic (exact) mass is 248 g/mol. The van der Waals surface area contributed by atoms with E-state index in [9.17, 15) is 0 Å². The van der Waals surface area contributed by atoms with E-state index >= 15 is 0 Å². The Hall–Kier alpha value is 0.230. The van der Waals surface area contributed by atoms with Gasteiger partial charge >= 0.3 is 0 Å². The molecule has 0 aliphatic carbocycles. The largest absolute Gasteiger partial charge is 0.381 e. The smallest absolute Gasteiger partial charge is 0.0700 e. The summed E-state index contributed by atoms with van der Waals surface area (Å²) in [6, 6.07) is 0. The Morgan fingerprint density at radius 3 is 2.44 bits per heavy atom. The first-order valence-electron chi connectivity index (χ1n) is 6.17. The fraction of sp³-hybridized carbons (Fsp3) is 1.00. The molecule has 1 heterocycles. The van der Waals surface area contributed by atoms with Gasteiger partial charge in [-0.25, -0.2) is 0 Å². The van der Waals surface area contributed by atoms with Gasteiger partial charge < -0.3 is 14.2 Å². The molecule has 0 radical (unpaired) electrons. The van der Waals surface area contributed by atoms with Gasteiger partial charge in [0.2, 0.25) is 0 Å². The molecular weight excluding hydrogens is 224 g/mol. The van der Waals surface area contributed by atoms with Crippen LogP contribution < -0.4 is 0 Å². The summed E-state index contributed by atoms with van der Waals surface area (Å²) in [7, 11) is 0. The van der Waals surface area contributed by atoms with Crippen LogP contribution in [0, 0.1) is 5.41 Å². The topological polar surface area (TPSA) is 27.7 Å². The molecule has 0 unspecified atom stereocenters. The van der Waals surface area contributed by atoms with E-state index in [4.69, 9.17) is 14.2 Å². The number of hydrogen-bond donors (Lipinski definition) is 1. The fourth-order valence-electron chi connectivity index (χ4n) is 1.81. The maximum Gasteiger partial charge on any atom is 0.0700 e. The third-order valence-corrected chi connectivity index (χ3v) is 3.69. The first-order chi connectivity index (χ1) is 7.83. The average Bonchev–Trinajstić information content (AvgIpc) is 2.35. The van der Waals surface area contributed by atoms with E-state index < -0.39 is 0 Å². The predicted octanol–water partition coefficient (Wildman–Crippen LogP) is 2.16. The Bertz CT molecular complexity index is 170. The Labute approximate surface area is 104 Å². The highest BCUT2D eigenvalue weighted by atomic mass is 32.1. The molecule has 96 valence electrons. The molecule has 0 aromatic rings. The van der Waals surface area contributed by atoms with Gasteiger partial charge in [0.05, 0.1) is 19.8 Å². The molecular formula is C12H24O3S. The molecule has 1 rings (SSSR count). The lowest BCUT2D eigenvalue weighted by atomic mass is 9.83. The number of ether oxygens (including phenoxy) is 3. The van der Waals surface area contributed by atoms with Crippen molar-refractivity contribution in [2.45, 2.75) is 26.2 Å². The average molecular weight is 248 g/mol. The second-order valence-electron chi connectivity index (χ2n) is 4.44. The summed E-state index contributed by atoms with van der Waals surface area (Å²) in [6.07, 6.45) is 3.19. The summed E-state index contributed by atoms with van der Waals surface area (Å²) in [4.78, 5) is 0. The van der Waals surface area contributed by atoms with Crippen molar-refractivity contribution >= 4 is 12.6 Å². The summed E-state index contributed by atoms with van der Waals surface area (Å²) in [5.41, 5.74) is 0.228. The molecule has 0 aromatic heterocycles. The standard InChI is InChI=1S/C12H24O3S/c1-2-5-13-8-9-15-10-12(11-16)3-6-14-7-4-12/h16H,2-11H2,1H3. The van der Waals surface area contributed by atoms with Crippen molar-refractivity contribution in [2.75, 3.05) is 45.4 Å². The first-order valence-corrected chi connectivity index (χ1v) is 6.80. The van der Waals surface area contributed by atoms with Crippen molar-refractivity contribution in [2.24, 2.45) is 5.41 Å². The normalized spacial score (nSPS) is 19.9. The van der Waals surface area contributed by atoms with Crippen LogP contribution in [0.4, 0.5) is 0 Å². The Morgan fingerprint density at radius 1 is 1.12 bits per heavy atom. The Balaban J connectivity index is 2.08. The maximum absolute atomic E-state index is 5.68. The minimum absolute atomic E-state index is 0.228. The van der Waals surface area contributed by atoms with Crippen LogP contribution in [0.3, 0.4) is 0 Å². The zero-order valence-electron chi connectivity index (χ0n) is 10.2. The van der Waals surface area contributed by atoms with Crippen LogP contribution in [0.2, 0.25) is 0 Å². The highest BCUT2D eigenvalue weighted by Gasteiger charge is 2.31. The van der Waals surface area contributed by atoms with Crippen molar-refractivity contribution < 1.29 is 14.2 Å². The molecule has 3 nitrogen and oxygen atoms in total. The third kappa shape index (κ3) is 5.04. The molecule has 16 heavy (non-hydrogen) atoms. The van der Waals surface area contributed by atoms with E-state index in [0.29, 0.717) is 13.2 Å². The molecule has 0 bridgehead atoms. The van der Waals surface area contributed by atoms with Gasteiger partial charge in [-0.3, -0.25) is 0 Å². The minimum Gasteiger partial charge on any atom is -0.381 e. The molecule has 1 aliphatic heterocycles. The van der Waals surface area contributed by atoms with Gasteiger partial charge in [-0.1, -0.05) is 6.92 Å². The summed E-state index contributed by atoms with van der Waals surface area (Å²) in [5, 5.41) is 0. The lowest BCUT2D eigenvalue weighted by Gasteiger charge is -2.35. The predicted molar refractivity (Wildman–Crippen MR) is 68.3 cm³/mol. The van der Waals surface area contributed by atoms with E-state index in [1.807, 2.05) is 0 Å². The zero-order chi connectivity index (χ0) is 11.7. The Kier molecular flexibility index (Phi) is 7.45.